The lowest BCUT2D eigenvalue weighted by Gasteiger charge is -2.23. The zero-order valence-electron chi connectivity index (χ0n) is 15.9. The van der Waals surface area contributed by atoms with Gasteiger partial charge in [-0.2, -0.15) is 10.4 Å². The molecule has 142 valence electrons. The van der Waals surface area contributed by atoms with E-state index in [4.69, 9.17) is 5.26 Å². The van der Waals surface area contributed by atoms with E-state index in [2.05, 4.69) is 11.2 Å². The van der Waals surface area contributed by atoms with Gasteiger partial charge in [0.15, 0.2) is 0 Å². The lowest BCUT2D eigenvalue weighted by Crippen LogP contribution is -2.33. The maximum atomic E-state index is 14.0. The Hall–Kier alpha value is -2.68. The van der Waals surface area contributed by atoms with Crippen LogP contribution in [0.25, 0.3) is 0 Å². The Morgan fingerprint density at radius 3 is 2.78 bits per heavy atom. The minimum Gasteiger partial charge on any atom is -0.335 e. The van der Waals surface area contributed by atoms with E-state index in [1.807, 2.05) is 23.4 Å². The van der Waals surface area contributed by atoms with Gasteiger partial charge in [0.25, 0.3) is 0 Å². The minimum atomic E-state index is -0.263. The molecule has 1 heterocycles. The first-order valence-electron chi connectivity index (χ1n) is 9.44. The van der Waals surface area contributed by atoms with Crippen LogP contribution >= 0.6 is 0 Å². The summed E-state index contributed by atoms with van der Waals surface area (Å²) in [6.45, 7) is 4.82. The Balaban J connectivity index is 1.66. The Labute approximate surface area is 159 Å². The third-order valence-electron chi connectivity index (χ3n) is 5.16. The predicted octanol–water partition coefficient (Wildman–Crippen LogP) is 3.68. The molecule has 5 nitrogen and oxygen atoms in total. The fourth-order valence-electron chi connectivity index (χ4n) is 3.46. The van der Waals surface area contributed by atoms with Crippen LogP contribution in [-0.4, -0.2) is 26.6 Å². The molecule has 0 radical (unpaired) electrons. The molecule has 1 fully saturated rings. The lowest BCUT2D eigenvalue weighted by atomic mass is 10.1. The molecule has 6 heteroatoms. The topological polar surface area (TPSA) is 61.9 Å². The SMILES string of the molecule is Cc1nn(CCC#N)c(C)c1CCC(=O)N(Cc1ccccc1F)C1CC1. The molecule has 1 amide bonds. The number of carbonyl (C=O) groups excluding carboxylic acids is 1. The van der Waals surface area contributed by atoms with Gasteiger partial charge in [-0.05, 0) is 44.7 Å². The minimum absolute atomic E-state index is 0.0596. The number of amides is 1. The summed E-state index contributed by atoms with van der Waals surface area (Å²) in [5.74, 6) is -0.203. The number of rotatable bonds is 8. The second-order valence-electron chi connectivity index (χ2n) is 7.12. The molecule has 0 bridgehead atoms. The number of carbonyl (C=O) groups is 1. The van der Waals surface area contributed by atoms with E-state index in [0.29, 0.717) is 37.9 Å². The number of nitrogens with zero attached hydrogens (tertiary/aromatic N) is 4. The molecule has 1 aromatic carbocycles. The molecule has 0 spiro atoms. The van der Waals surface area contributed by atoms with Gasteiger partial charge in [0.2, 0.25) is 5.91 Å². The smallest absolute Gasteiger partial charge is 0.223 e. The van der Waals surface area contributed by atoms with Crippen molar-refractivity contribution in [2.45, 2.75) is 65.1 Å². The van der Waals surface area contributed by atoms with Gasteiger partial charge in [0.1, 0.15) is 5.82 Å². The summed E-state index contributed by atoms with van der Waals surface area (Å²) in [5.41, 5.74) is 3.56. The largest absolute Gasteiger partial charge is 0.335 e. The maximum absolute atomic E-state index is 14.0. The van der Waals surface area contributed by atoms with Crippen LogP contribution in [0, 0.1) is 31.0 Å². The molecule has 3 rings (SSSR count). The van der Waals surface area contributed by atoms with E-state index >= 15 is 0 Å². The van der Waals surface area contributed by atoms with E-state index in [0.717, 1.165) is 29.8 Å². The third-order valence-corrected chi connectivity index (χ3v) is 5.16. The monoisotopic (exact) mass is 368 g/mol. The van der Waals surface area contributed by atoms with Crippen molar-refractivity contribution >= 4 is 5.91 Å². The van der Waals surface area contributed by atoms with E-state index in [9.17, 15) is 9.18 Å². The van der Waals surface area contributed by atoms with Crippen LogP contribution in [0.3, 0.4) is 0 Å². The molecule has 0 aliphatic heterocycles. The molecule has 0 unspecified atom stereocenters. The first-order valence-corrected chi connectivity index (χ1v) is 9.44. The van der Waals surface area contributed by atoms with Crippen molar-refractivity contribution in [3.8, 4) is 6.07 Å². The van der Waals surface area contributed by atoms with E-state index in [1.165, 1.54) is 6.07 Å². The summed E-state index contributed by atoms with van der Waals surface area (Å²) in [7, 11) is 0. The summed E-state index contributed by atoms with van der Waals surface area (Å²) >= 11 is 0. The highest BCUT2D eigenvalue weighted by Gasteiger charge is 2.32. The van der Waals surface area contributed by atoms with Crippen LogP contribution in [-0.2, 0) is 24.3 Å². The number of benzene rings is 1. The average Bonchev–Trinajstić information content (AvgIpc) is 3.45. The number of aryl methyl sites for hydroxylation is 2. The third kappa shape index (κ3) is 4.54. The van der Waals surface area contributed by atoms with Gasteiger partial charge in [-0.3, -0.25) is 9.48 Å². The maximum Gasteiger partial charge on any atom is 0.223 e. The molecule has 1 aromatic heterocycles. The standard InChI is InChI=1S/C21H25FN4O/c1-15-19(16(2)26(24-15)13-5-12-23)10-11-21(27)25(18-8-9-18)14-17-6-3-4-7-20(17)22/h3-4,6-7,18H,5,8-11,13-14H2,1-2H3. The number of nitriles is 1. The van der Waals surface area contributed by atoms with Crippen molar-refractivity contribution < 1.29 is 9.18 Å². The van der Waals surface area contributed by atoms with Crippen molar-refractivity contribution in [1.29, 1.82) is 5.26 Å². The zero-order chi connectivity index (χ0) is 19.4. The average molecular weight is 368 g/mol. The molecule has 1 aliphatic carbocycles. The van der Waals surface area contributed by atoms with Crippen LogP contribution in [0.4, 0.5) is 4.39 Å². The fourth-order valence-corrected chi connectivity index (χ4v) is 3.46. The van der Waals surface area contributed by atoms with Crippen LogP contribution in [0.15, 0.2) is 24.3 Å². The van der Waals surface area contributed by atoms with E-state index in [-0.39, 0.29) is 17.8 Å². The number of aromatic nitrogens is 2. The van der Waals surface area contributed by atoms with Gasteiger partial charge in [0.05, 0.1) is 24.7 Å². The molecule has 2 aromatic rings. The summed E-state index contributed by atoms with van der Waals surface area (Å²) in [6, 6.07) is 9.01. The van der Waals surface area contributed by atoms with Crippen molar-refractivity contribution in [2.24, 2.45) is 0 Å². The van der Waals surface area contributed by atoms with E-state index < -0.39 is 0 Å². The number of halogens is 1. The summed E-state index contributed by atoms with van der Waals surface area (Å²) in [5, 5.41) is 13.3. The molecule has 0 atom stereocenters. The van der Waals surface area contributed by atoms with Crippen molar-refractivity contribution in [3.63, 3.8) is 0 Å². The van der Waals surface area contributed by atoms with Crippen molar-refractivity contribution in [3.05, 3.63) is 52.6 Å². The molecular formula is C21H25FN4O. The normalized spacial score (nSPS) is 13.4. The van der Waals surface area contributed by atoms with Gasteiger partial charge >= 0.3 is 0 Å². The molecule has 0 saturated heterocycles. The van der Waals surface area contributed by atoms with Crippen molar-refractivity contribution in [1.82, 2.24) is 14.7 Å². The van der Waals surface area contributed by atoms with Gasteiger partial charge in [-0.25, -0.2) is 4.39 Å². The van der Waals surface area contributed by atoms with Crippen LogP contribution in [0.1, 0.15) is 48.2 Å². The summed E-state index contributed by atoms with van der Waals surface area (Å²) in [4.78, 5) is 14.7. The van der Waals surface area contributed by atoms with Gasteiger partial charge < -0.3 is 4.90 Å². The van der Waals surface area contributed by atoms with Gasteiger partial charge in [-0.15, -0.1) is 0 Å². The quantitative estimate of drug-likeness (QED) is 0.714. The van der Waals surface area contributed by atoms with Gasteiger partial charge in [-0.1, -0.05) is 18.2 Å². The highest BCUT2D eigenvalue weighted by molar-refractivity contribution is 5.77. The van der Waals surface area contributed by atoms with Crippen molar-refractivity contribution in [2.75, 3.05) is 0 Å². The summed E-state index contributed by atoms with van der Waals surface area (Å²) < 4.78 is 15.8. The highest BCUT2D eigenvalue weighted by Crippen LogP contribution is 2.30. The zero-order valence-corrected chi connectivity index (χ0v) is 15.9. The lowest BCUT2D eigenvalue weighted by molar-refractivity contribution is -0.132. The molecular weight excluding hydrogens is 343 g/mol. The molecule has 0 N–H and O–H groups in total. The van der Waals surface area contributed by atoms with Gasteiger partial charge in [0, 0.05) is 30.3 Å². The second-order valence-corrected chi connectivity index (χ2v) is 7.12. The summed E-state index contributed by atoms with van der Waals surface area (Å²) in [6.07, 6.45) is 3.40. The van der Waals surface area contributed by atoms with E-state index in [1.54, 1.807) is 18.2 Å². The molecule has 1 aliphatic rings. The Kier molecular flexibility index (Phi) is 5.90. The van der Waals surface area contributed by atoms with Crippen LogP contribution in [0.2, 0.25) is 0 Å². The fraction of sp³-hybridized carbons (Fsp3) is 0.476. The number of hydrogen-bond donors (Lipinski definition) is 0. The molecule has 27 heavy (non-hydrogen) atoms. The Morgan fingerprint density at radius 1 is 1.37 bits per heavy atom. The Bertz CT molecular complexity index is 864. The van der Waals surface area contributed by atoms with Crippen LogP contribution in [0.5, 0.6) is 0 Å². The Morgan fingerprint density at radius 2 is 2.11 bits per heavy atom. The number of hydrogen-bond acceptors (Lipinski definition) is 3. The first-order chi connectivity index (χ1) is 13.0. The predicted molar refractivity (Wildman–Crippen MR) is 100 cm³/mol. The molecule has 1 saturated carbocycles. The second kappa shape index (κ2) is 8.34. The van der Waals surface area contributed by atoms with Crippen LogP contribution < -0.4 is 0 Å². The first kappa shape index (κ1) is 19.1. The highest BCUT2D eigenvalue weighted by atomic mass is 19.1.